The zero-order valence-electron chi connectivity index (χ0n) is 24.2. The van der Waals surface area contributed by atoms with Crippen molar-refractivity contribution in [2.24, 2.45) is 0 Å². The third kappa shape index (κ3) is 7.25. The molecule has 0 amide bonds. The van der Waals surface area contributed by atoms with Crippen molar-refractivity contribution in [3.63, 3.8) is 0 Å². The maximum absolute atomic E-state index is 4.36. The van der Waals surface area contributed by atoms with E-state index in [2.05, 4.69) is 156 Å². The number of unbranched alkanes of at least 4 members (excludes halogenated alkanes) is 1. The molecule has 0 radical (unpaired) electrons. The molecular weight excluding hydrogens is 511 g/mol. The van der Waals surface area contributed by atoms with Crippen LogP contribution in [0.15, 0.2) is 152 Å². The molecule has 6 rings (SSSR count). The Bertz CT molecular complexity index is 1360. The van der Waals surface area contributed by atoms with Crippen LogP contribution >= 0.6 is 0 Å². The molecule has 0 bridgehead atoms. The summed E-state index contributed by atoms with van der Waals surface area (Å²) in [6.45, 7) is 2.84. The number of aromatic nitrogens is 2. The molecule has 1 aliphatic rings. The Labute approximate surface area is 249 Å². The second-order valence-corrected chi connectivity index (χ2v) is 13.1. The number of hydrogen-bond donors (Lipinski definition) is 0. The van der Waals surface area contributed by atoms with Gasteiger partial charge in [0.15, 0.2) is 0 Å². The fourth-order valence-corrected chi connectivity index (χ4v) is 8.29. The molecule has 1 aromatic heterocycles. The molecule has 0 saturated heterocycles. The highest BCUT2D eigenvalue weighted by atomic mass is 28.2. The minimum Gasteiger partial charge on any atom is -0.327 e. The average molecular weight is 553 g/mol. The Balaban J connectivity index is 0.000000181. The molecule has 1 fully saturated rings. The summed E-state index contributed by atoms with van der Waals surface area (Å²) in [7, 11) is -0.539. The largest absolute Gasteiger partial charge is 0.327 e. The smallest absolute Gasteiger partial charge is 0.212 e. The zero-order chi connectivity index (χ0) is 28.2. The molecule has 0 aliphatic heterocycles. The summed E-state index contributed by atoms with van der Waals surface area (Å²) in [5.74, 6) is 0.866. The number of allylic oxidation sites excluding steroid dienone is 2. The fraction of sp³-hybridized carbons (Fsp3) is 0.216. The Morgan fingerprint density at radius 1 is 0.756 bits per heavy atom. The van der Waals surface area contributed by atoms with Gasteiger partial charge in [-0.05, 0) is 23.6 Å². The van der Waals surface area contributed by atoms with Crippen LogP contribution in [0.2, 0.25) is 11.9 Å². The first-order valence-electron chi connectivity index (χ1n) is 15.2. The normalized spacial score (nSPS) is 13.3. The third-order valence-electron chi connectivity index (χ3n) is 8.15. The summed E-state index contributed by atoms with van der Waals surface area (Å²) in [6.07, 6.45) is 15.8. The van der Waals surface area contributed by atoms with Crippen molar-refractivity contribution in [3.05, 3.63) is 163 Å². The van der Waals surface area contributed by atoms with Gasteiger partial charge >= 0.3 is 0 Å². The van der Waals surface area contributed by atoms with Crippen LogP contribution in [-0.4, -0.2) is 25.8 Å². The van der Waals surface area contributed by atoms with E-state index in [-0.39, 0.29) is 5.16 Å². The van der Waals surface area contributed by atoms with Gasteiger partial charge in [-0.25, -0.2) is 4.98 Å². The van der Waals surface area contributed by atoms with Gasteiger partial charge in [0.05, 0.1) is 21.0 Å². The minimum atomic E-state index is -0.539. The molecule has 206 valence electrons. The number of benzene rings is 4. The number of nitrogens with zero attached hydrogens (tertiary/aromatic N) is 2. The van der Waals surface area contributed by atoms with E-state index in [1.165, 1.54) is 53.8 Å². The molecule has 1 aliphatic carbocycles. The van der Waals surface area contributed by atoms with Gasteiger partial charge in [-0.1, -0.05) is 176 Å². The molecular formula is C37H41BN2Si. The van der Waals surface area contributed by atoms with Crippen LogP contribution in [0.4, 0.5) is 0 Å². The Morgan fingerprint density at radius 3 is 1.71 bits per heavy atom. The van der Waals surface area contributed by atoms with Crippen molar-refractivity contribution in [3.8, 4) is 0 Å². The van der Waals surface area contributed by atoms with Crippen LogP contribution in [0, 0.1) is 0 Å². The standard InChI is InChI=1S/C22H26N2Si.C15H15B/c1-2-3-4-11-18-25-22(24-17-16-23-19-24,20-12-7-5-8-13-20)21-14-9-6-10-15-21;1-3-7-13(8-4-1)16(15-11-12-15)14-9-5-2-6-10-14/h4-17,19H,2-3,18,25H2,1H3;1-10,15H,11-12H2. The molecule has 4 heteroatoms. The number of rotatable bonds is 11. The highest BCUT2D eigenvalue weighted by Crippen LogP contribution is 2.38. The maximum atomic E-state index is 4.36. The molecule has 5 aromatic rings. The van der Waals surface area contributed by atoms with Crippen LogP contribution in [0.5, 0.6) is 0 Å². The first-order chi connectivity index (χ1) is 20.3. The Morgan fingerprint density at radius 2 is 1.27 bits per heavy atom. The highest BCUT2D eigenvalue weighted by Gasteiger charge is 2.36. The molecule has 1 saturated carbocycles. The average Bonchev–Trinajstić information content (AvgIpc) is 3.72. The second-order valence-electron chi connectivity index (χ2n) is 11.0. The van der Waals surface area contributed by atoms with E-state index < -0.39 is 9.52 Å². The van der Waals surface area contributed by atoms with E-state index in [4.69, 9.17) is 0 Å². The first-order valence-corrected chi connectivity index (χ1v) is 16.9. The maximum Gasteiger partial charge on any atom is 0.212 e. The summed E-state index contributed by atoms with van der Waals surface area (Å²) < 4.78 is 2.32. The molecule has 0 spiro atoms. The predicted molar refractivity (Wildman–Crippen MR) is 180 cm³/mol. The van der Waals surface area contributed by atoms with Crippen molar-refractivity contribution in [2.75, 3.05) is 0 Å². The van der Waals surface area contributed by atoms with E-state index in [0.717, 1.165) is 5.82 Å². The minimum absolute atomic E-state index is 0.102. The summed E-state index contributed by atoms with van der Waals surface area (Å²) in [5.41, 5.74) is 5.65. The molecule has 0 atom stereocenters. The van der Waals surface area contributed by atoms with E-state index in [1.54, 1.807) is 0 Å². The molecule has 41 heavy (non-hydrogen) atoms. The molecule has 1 heterocycles. The monoisotopic (exact) mass is 552 g/mol. The van der Waals surface area contributed by atoms with Crippen molar-refractivity contribution in [1.82, 2.24) is 9.55 Å². The van der Waals surface area contributed by atoms with Gasteiger partial charge in [-0.15, -0.1) is 0 Å². The Kier molecular flexibility index (Phi) is 10.2. The fourth-order valence-electron chi connectivity index (χ4n) is 5.98. The van der Waals surface area contributed by atoms with Crippen LogP contribution in [0.25, 0.3) is 0 Å². The van der Waals surface area contributed by atoms with Crippen LogP contribution < -0.4 is 10.9 Å². The van der Waals surface area contributed by atoms with Gasteiger partial charge in [-0.2, -0.15) is 0 Å². The van der Waals surface area contributed by atoms with Gasteiger partial charge in [0, 0.05) is 12.4 Å². The molecule has 4 aromatic carbocycles. The SMILES string of the molecule is CCCC=CC[SiH2]C(c1ccccc1)(c1ccccc1)n1ccnc1.c1ccc(B(c2ccccc2)C2CC2)cc1. The topological polar surface area (TPSA) is 17.8 Å². The van der Waals surface area contributed by atoms with Gasteiger partial charge < -0.3 is 4.57 Å². The number of imidazole rings is 1. The summed E-state index contributed by atoms with van der Waals surface area (Å²) >= 11 is 0. The summed E-state index contributed by atoms with van der Waals surface area (Å²) in [6, 6.07) is 44.8. The van der Waals surface area contributed by atoms with Crippen molar-refractivity contribution in [1.29, 1.82) is 0 Å². The summed E-state index contributed by atoms with van der Waals surface area (Å²) in [5, 5.41) is -0.102. The lowest BCUT2D eigenvalue weighted by atomic mass is 9.37. The van der Waals surface area contributed by atoms with Crippen LogP contribution in [0.1, 0.15) is 43.7 Å². The van der Waals surface area contributed by atoms with Crippen molar-refractivity contribution >= 4 is 27.2 Å². The highest BCUT2D eigenvalue weighted by molar-refractivity contribution is 6.86. The molecule has 0 unspecified atom stereocenters. The summed E-state index contributed by atoms with van der Waals surface area (Å²) in [4.78, 5) is 4.36. The van der Waals surface area contributed by atoms with Gasteiger partial charge in [-0.3, -0.25) is 0 Å². The lowest BCUT2D eigenvalue weighted by Crippen LogP contribution is -2.42. The lowest BCUT2D eigenvalue weighted by molar-refractivity contribution is 0.592. The lowest BCUT2D eigenvalue weighted by Gasteiger charge is -2.36. The van der Waals surface area contributed by atoms with Crippen molar-refractivity contribution < 1.29 is 0 Å². The van der Waals surface area contributed by atoms with Gasteiger partial charge in [0.1, 0.15) is 0 Å². The van der Waals surface area contributed by atoms with Crippen LogP contribution in [0.3, 0.4) is 0 Å². The van der Waals surface area contributed by atoms with E-state index in [1.807, 2.05) is 12.5 Å². The third-order valence-corrected chi connectivity index (χ3v) is 10.7. The van der Waals surface area contributed by atoms with E-state index >= 15 is 0 Å². The second kappa shape index (κ2) is 14.7. The van der Waals surface area contributed by atoms with Gasteiger partial charge in [0.25, 0.3) is 0 Å². The quantitative estimate of drug-likeness (QED) is 0.127. The Hall–Kier alpha value is -3.89. The number of hydrogen-bond acceptors (Lipinski definition) is 1. The predicted octanol–water partition coefficient (Wildman–Crippen LogP) is 7.04. The van der Waals surface area contributed by atoms with Crippen molar-refractivity contribution in [2.45, 2.75) is 49.6 Å². The van der Waals surface area contributed by atoms with Crippen LogP contribution in [-0.2, 0) is 5.16 Å². The molecule has 0 N–H and O–H groups in total. The van der Waals surface area contributed by atoms with Gasteiger partial charge in [0.2, 0.25) is 6.71 Å². The van der Waals surface area contributed by atoms with E-state index in [9.17, 15) is 0 Å². The zero-order valence-corrected chi connectivity index (χ0v) is 25.6. The first kappa shape index (κ1) is 28.6. The van der Waals surface area contributed by atoms with E-state index in [0.29, 0.717) is 6.71 Å². The molecule has 2 nitrogen and oxygen atoms in total.